The van der Waals surface area contributed by atoms with Gasteiger partial charge in [-0.1, -0.05) is 0 Å². The Hall–Kier alpha value is -0.680. The molecule has 1 aliphatic carbocycles. The van der Waals surface area contributed by atoms with Crippen LogP contribution < -0.4 is 5.32 Å². The summed E-state index contributed by atoms with van der Waals surface area (Å²) in [6, 6.07) is 0. The molecule has 2 fully saturated rings. The topological polar surface area (TPSA) is 47.0 Å². The third-order valence-corrected chi connectivity index (χ3v) is 3.99. The predicted molar refractivity (Wildman–Crippen MR) is 64.0 cm³/mol. The lowest BCUT2D eigenvalue weighted by Crippen LogP contribution is -2.32. The molecule has 2 heterocycles. The van der Waals surface area contributed by atoms with E-state index in [2.05, 4.69) is 21.6 Å². The van der Waals surface area contributed by atoms with Crippen molar-refractivity contribution in [2.75, 3.05) is 18.5 Å². The molecule has 0 radical (unpaired) electrons. The van der Waals surface area contributed by atoms with E-state index < -0.39 is 0 Å². The molecule has 1 aliphatic heterocycles. The van der Waals surface area contributed by atoms with Gasteiger partial charge in [0.15, 0.2) is 0 Å². The maximum absolute atomic E-state index is 5.72. The summed E-state index contributed by atoms with van der Waals surface area (Å²) < 4.78 is 10.1. The summed E-state index contributed by atoms with van der Waals surface area (Å²) >= 11 is 1.47. The van der Waals surface area contributed by atoms with Crippen molar-refractivity contribution in [3.63, 3.8) is 0 Å². The molecule has 1 saturated heterocycles. The summed E-state index contributed by atoms with van der Waals surface area (Å²) in [6.07, 6.45) is 4.82. The number of nitrogens with zero attached hydrogens (tertiary/aromatic N) is 2. The molecule has 0 bridgehead atoms. The molecular formula is C11H17N3OS. The van der Waals surface area contributed by atoms with Crippen LogP contribution in [0.4, 0.5) is 5.13 Å². The maximum atomic E-state index is 5.72. The molecule has 2 aliphatic rings. The molecule has 1 aromatic heterocycles. The molecule has 0 aromatic carbocycles. The number of aromatic nitrogens is 2. The first-order chi connectivity index (χ1) is 7.75. The quantitative estimate of drug-likeness (QED) is 0.876. The first kappa shape index (κ1) is 10.5. The lowest BCUT2D eigenvalue weighted by Gasteiger charge is -2.22. The van der Waals surface area contributed by atoms with Gasteiger partial charge >= 0.3 is 0 Å². The third-order valence-electron chi connectivity index (χ3n) is 3.30. The van der Waals surface area contributed by atoms with E-state index in [0.29, 0.717) is 5.92 Å². The van der Waals surface area contributed by atoms with Crippen LogP contribution in [0.2, 0.25) is 0 Å². The number of ether oxygens (including phenoxy) is 1. The van der Waals surface area contributed by atoms with Gasteiger partial charge in [0.05, 0.1) is 5.60 Å². The minimum atomic E-state index is -0.00852. The molecule has 88 valence electrons. The number of rotatable bonds is 4. The minimum absolute atomic E-state index is 0.00852. The molecule has 5 heteroatoms. The SMILES string of the molecule is CC1(CNc2nc(C3CC3)ns2)CCCO1. The molecule has 16 heavy (non-hydrogen) atoms. The highest BCUT2D eigenvalue weighted by Crippen LogP contribution is 2.39. The average molecular weight is 239 g/mol. The Balaban J connectivity index is 1.56. The van der Waals surface area contributed by atoms with E-state index in [1.54, 1.807) is 0 Å². The first-order valence-electron chi connectivity index (χ1n) is 5.97. The second-order valence-electron chi connectivity index (χ2n) is 4.99. The van der Waals surface area contributed by atoms with Gasteiger partial charge in [-0.15, -0.1) is 0 Å². The van der Waals surface area contributed by atoms with Gasteiger partial charge in [-0.05, 0) is 32.6 Å². The number of hydrogen-bond donors (Lipinski definition) is 1. The van der Waals surface area contributed by atoms with Gasteiger partial charge in [0.25, 0.3) is 0 Å². The fourth-order valence-electron chi connectivity index (χ4n) is 2.05. The zero-order valence-corrected chi connectivity index (χ0v) is 10.3. The van der Waals surface area contributed by atoms with Gasteiger partial charge in [0.1, 0.15) is 5.82 Å². The Bertz CT molecular complexity index is 369. The van der Waals surface area contributed by atoms with Gasteiger partial charge in [-0.2, -0.15) is 4.37 Å². The van der Waals surface area contributed by atoms with E-state index in [0.717, 1.165) is 30.5 Å². The summed E-state index contributed by atoms with van der Waals surface area (Å²) in [4.78, 5) is 4.51. The van der Waals surface area contributed by atoms with Crippen LogP contribution in [0.1, 0.15) is 44.3 Å². The van der Waals surface area contributed by atoms with Crippen LogP contribution in [-0.2, 0) is 4.74 Å². The second kappa shape index (κ2) is 3.96. The largest absolute Gasteiger partial charge is 0.373 e. The van der Waals surface area contributed by atoms with Crippen molar-refractivity contribution in [2.45, 2.75) is 44.1 Å². The number of nitrogens with one attached hydrogen (secondary N) is 1. The highest BCUT2D eigenvalue weighted by atomic mass is 32.1. The summed E-state index contributed by atoms with van der Waals surface area (Å²) in [7, 11) is 0. The minimum Gasteiger partial charge on any atom is -0.373 e. The highest BCUT2D eigenvalue weighted by Gasteiger charge is 2.31. The van der Waals surface area contributed by atoms with E-state index in [-0.39, 0.29) is 5.60 Å². The van der Waals surface area contributed by atoms with Crippen molar-refractivity contribution in [3.05, 3.63) is 5.82 Å². The van der Waals surface area contributed by atoms with Gasteiger partial charge in [-0.3, -0.25) is 0 Å². The third kappa shape index (κ3) is 2.20. The van der Waals surface area contributed by atoms with Crippen molar-refractivity contribution in [1.82, 2.24) is 9.36 Å². The second-order valence-corrected chi connectivity index (χ2v) is 5.74. The molecule has 1 unspecified atom stereocenters. The highest BCUT2D eigenvalue weighted by molar-refractivity contribution is 7.09. The monoisotopic (exact) mass is 239 g/mol. The Kier molecular flexibility index (Phi) is 2.59. The van der Waals surface area contributed by atoms with Gasteiger partial charge in [0, 0.05) is 30.6 Å². The number of hydrogen-bond acceptors (Lipinski definition) is 5. The van der Waals surface area contributed by atoms with E-state index in [1.165, 1.54) is 30.8 Å². The zero-order chi connectivity index (χ0) is 11.0. The van der Waals surface area contributed by atoms with Gasteiger partial charge in [-0.25, -0.2) is 4.98 Å². The van der Waals surface area contributed by atoms with Crippen molar-refractivity contribution in [1.29, 1.82) is 0 Å². The standard InChI is InChI=1S/C11H17N3OS/c1-11(5-2-6-15-11)7-12-10-13-9(14-16-10)8-3-4-8/h8H,2-7H2,1H3,(H,12,13,14). The molecule has 0 spiro atoms. The lowest BCUT2D eigenvalue weighted by molar-refractivity contribution is 0.0315. The molecule has 3 rings (SSSR count). The fraction of sp³-hybridized carbons (Fsp3) is 0.818. The van der Waals surface area contributed by atoms with Crippen LogP contribution in [0, 0.1) is 0 Å². The zero-order valence-electron chi connectivity index (χ0n) is 9.53. The van der Waals surface area contributed by atoms with Crippen molar-refractivity contribution in [2.24, 2.45) is 0 Å². The van der Waals surface area contributed by atoms with E-state index in [1.807, 2.05) is 0 Å². The summed E-state index contributed by atoms with van der Waals surface area (Å²) in [5.41, 5.74) is -0.00852. The number of anilines is 1. The molecule has 1 aromatic rings. The molecule has 1 saturated carbocycles. The smallest absolute Gasteiger partial charge is 0.202 e. The average Bonchev–Trinajstić information content (AvgIpc) is 2.87. The Morgan fingerprint density at radius 3 is 3.12 bits per heavy atom. The summed E-state index contributed by atoms with van der Waals surface area (Å²) in [6.45, 7) is 3.89. The van der Waals surface area contributed by atoms with Crippen LogP contribution in [-0.4, -0.2) is 28.1 Å². The van der Waals surface area contributed by atoms with Gasteiger partial charge in [0.2, 0.25) is 5.13 Å². The normalized spacial score (nSPS) is 29.6. The Morgan fingerprint density at radius 2 is 2.44 bits per heavy atom. The summed E-state index contributed by atoms with van der Waals surface area (Å²) in [5, 5.41) is 4.29. The van der Waals surface area contributed by atoms with Crippen molar-refractivity contribution in [3.8, 4) is 0 Å². The fourth-order valence-corrected chi connectivity index (χ4v) is 2.69. The Labute approximate surface area is 99.6 Å². The van der Waals surface area contributed by atoms with Crippen LogP contribution >= 0.6 is 11.5 Å². The van der Waals surface area contributed by atoms with Crippen LogP contribution in [0.3, 0.4) is 0 Å². The molecule has 0 amide bonds. The van der Waals surface area contributed by atoms with E-state index in [4.69, 9.17) is 4.74 Å². The van der Waals surface area contributed by atoms with Crippen LogP contribution in [0.25, 0.3) is 0 Å². The Morgan fingerprint density at radius 1 is 1.56 bits per heavy atom. The van der Waals surface area contributed by atoms with Crippen LogP contribution in [0.5, 0.6) is 0 Å². The van der Waals surface area contributed by atoms with Crippen molar-refractivity contribution >= 4 is 16.7 Å². The molecule has 1 N–H and O–H groups in total. The van der Waals surface area contributed by atoms with Crippen molar-refractivity contribution < 1.29 is 4.74 Å². The maximum Gasteiger partial charge on any atom is 0.202 e. The van der Waals surface area contributed by atoms with E-state index >= 15 is 0 Å². The van der Waals surface area contributed by atoms with Crippen LogP contribution in [0.15, 0.2) is 0 Å². The summed E-state index contributed by atoms with van der Waals surface area (Å²) in [5.74, 6) is 1.68. The van der Waals surface area contributed by atoms with Gasteiger partial charge < -0.3 is 10.1 Å². The first-order valence-corrected chi connectivity index (χ1v) is 6.74. The molecular weight excluding hydrogens is 222 g/mol. The lowest BCUT2D eigenvalue weighted by atomic mass is 10.0. The molecule has 1 atom stereocenters. The van der Waals surface area contributed by atoms with E-state index in [9.17, 15) is 0 Å². The predicted octanol–water partition coefficient (Wildman–Crippen LogP) is 2.40. The molecule has 4 nitrogen and oxygen atoms in total.